The second-order valence-electron chi connectivity index (χ2n) is 3.15. The molecule has 1 aromatic carbocycles. The zero-order valence-electron chi connectivity index (χ0n) is 8.21. The fraction of sp³-hybridized carbons (Fsp3) is 0.333. The normalized spacial score (nSPS) is 11.7. The van der Waals surface area contributed by atoms with E-state index in [1.54, 1.807) is 0 Å². The lowest BCUT2D eigenvalue weighted by Crippen LogP contribution is -2.26. The van der Waals surface area contributed by atoms with Crippen LogP contribution < -0.4 is 4.72 Å². The summed E-state index contributed by atoms with van der Waals surface area (Å²) in [6, 6.07) is 3.06. The van der Waals surface area contributed by atoms with E-state index in [0.717, 1.165) is 18.2 Å². The molecule has 0 aliphatic carbocycles. The molecule has 0 aliphatic heterocycles. The van der Waals surface area contributed by atoms with Crippen LogP contribution in [0.5, 0.6) is 0 Å². The van der Waals surface area contributed by atoms with Gasteiger partial charge >= 0.3 is 0 Å². The van der Waals surface area contributed by atoms with Crippen LogP contribution in [0, 0.1) is 11.6 Å². The summed E-state index contributed by atoms with van der Waals surface area (Å²) in [5.41, 5.74) is 0.384. The van der Waals surface area contributed by atoms with E-state index in [4.69, 9.17) is 11.6 Å². The SMILES string of the molecule is O=S(=O)(CCl)NCCc1cc(F)cc(F)c1. The molecule has 0 aliphatic rings. The summed E-state index contributed by atoms with van der Waals surface area (Å²) in [5.74, 6) is -1.37. The van der Waals surface area contributed by atoms with Crippen LogP contribution >= 0.6 is 11.6 Å². The molecule has 1 N–H and O–H groups in total. The summed E-state index contributed by atoms with van der Waals surface area (Å²) < 4.78 is 49.6. The van der Waals surface area contributed by atoms with E-state index in [-0.39, 0.29) is 13.0 Å². The van der Waals surface area contributed by atoms with Gasteiger partial charge in [0.05, 0.1) is 0 Å². The number of halogens is 3. The fourth-order valence-corrected chi connectivity index (χ4v) is 1.87. The zero-order chi connectivity index (χ0) is 12.2. The van der Waals surface area contributed by atoms with Crippen molar-refractivity contribution in [1.29, 1.82) is 0 Å². The highest BCUT2D eigenvalue weighted by atomic mass is 35.5. The number of hydrogen-bond acceptors (Lipinski definition) is 2. The van der Waals surface area contributed by atoms with Gasteiger partial charge in [-0.15, -0.1) is 11.6 Å². The molecule has 0 fully saturated rings. The van der Waals surface area contributed by atoms with Crippen molar-refractivity contribution in [3.05, 3.63) is 35.4 Å². The third kappa shape index (κ3) is 4.42. The van der Waals surface area contributed by atoms with Crippen molar-refractivity contribution in [3.8, 4) is 0 Å². The average Bonchev–Trinajstić information content (AvgIpc) is 2.16. The average molecular weight is 270 g/mol. The summed E-state index contributed by atoms with van der Waals surface area (Å²) in [5, 5.41) is -0.537. The molecule has 0 heterocycles. The fourth-order valence-electron chi connectivity index (χ4n) is 1.14. The number of benzene rings is 1. The minimum Gasteiger partial charge on any atom is -0.214 e. The van der Waals surface area contributed by atoms with Crippen molar-refractivity contribution in [1.82, 2.24) is 4.72 Å². The maximum absolute atomic E-state index is 12.8. The Kier molecular flexibility index (Phi) is 4.64. The van der Waals surface area contributed by atoms with E-state index in [2.05, 4.69) is 4.72 Å². The molecule has 0 bridgehead atoms. The molecule has 0 unspecified atom stereocenters. The van der Waals surface area contributed by atoms with Gasteiger partial charge in [-0.05, 0) is 24.1 Å². The Morgan fingerprint density at radius 1 is 1.19 bits per heavy atom. The van der Waals surface area contributed by atoms with Gasteiger partial charge in [0, 0.05) is 12.6 Å². The Labute approximate surface area is 97.5 Å². The maximum atomic E-state index is 12.8. The van der Waals surface area contributed by atoms with Crippen LogP contribution in [0.2, 0.25) is 0 Å². The van der Waals surface area contributed by atoms with Crippen LogP contribution in [-0.4, -0.2) is 20.2 Å². The van der Waals surface area contributed by atoms with Gasteiger partial charge in [0.15, 0.2) is 0 Å². The summed E-state index contributed by atoms with van der Waals surface area (Å²) in [7, 11) is -3.48. The molecule has 0 saturated heterocycles. The molecule has 0 amide bonds. The molecule has 0 atom stereocenters. The van der Waals surface area contributed by atoms with Gasteiger partial charge in [-0.3, -0.25) is 0 Å². The summed E-state index contributed by atoms with van der Waals surface area (Å²) in [6.45, 7) is 0.0535. The highest BCUT2D eigenvalue weighted by molar-refractivity contribution is 7.90. The van der Waals surface area contributed by atoms with Gasteiger partial charge in [0.1, 0.15) is 16.8 Å². The monoisotopic (exact) mass is 269 g/mol. The van der Waals surface area contributed by atoms with E-state index in [0.29, 0.717) is 5.56 Å². The molecular formula is C9H10ClF2NO2S. The number of alkyl halides is 1. The molecule has 0 aromatic heterocycles. The van der Waals surface area contributed by atoms with E-state index < -0.39 is 26.9 Å². The Morgan fingerprint density at radius 2 is 1.75 bits per heavy atom. The number of hydrogen-bond donors (Lipinski definition) is 1. The van der Waals surface area contributed by atoms with Crippen molar-refractivity contribution in [2.45, 2.75) is 6.42 Å². The molecule has 90 valence electrons. The van der Waals surface area contributed by atoms with Crippen LogP contribution in [0.4, 0.5) is 8.78 Å². The topological polar surface area (TPSA) is 46.2 Å². The van der Waals surface area contributed by atoms with Crippen molar-refractivity contribution >= 4 is 21.6 Å². The first kappa shape index (κ1) is 13.3. The lowest BCUT2D eigenvalue weighted by atomic mass is 10.1. The molecule has 0 saturated carbocycles. The Balaban J connectivity index is 2.55. The lowest BCUT2D eigenvalue weighted by Gasteiger charge is -2.04. The zero-order valence-corrected chi connectivity index (χ0v) is 9.78. The van der Waals surface area contributed by atoms with Crippen LogP contribution in [-0.2, 0) is 16.4 Å². The molecule has 0 radical (unpaired) electrons. The highest BCUT2D eigenvalue weighted by Crippen LogP contribution is 2.08. The Hall–Kier alpha value is -0.720. The molecule has 7 heteroatoms. The van der Waals surface area contributed by atoms with Gasteiger partial charge in [0.2, 0.25) is 10.0 Å². The van der Waals surface area contributed by atoms with Gasteiger partial charge in [-0.25, -0.2) is 21.9 Å². The maximum Gasteiger partial charge on any atom is 0.225 e. The van der Waals surface area contributed by atoms with Crippen molar-refractivity contribution in [2.75, 3.05) is 11.8 Å². The molecule has 16 heavy (non-hydrogen) atoms. The minimum absolute atomic E-state index is 0.0535. The largest absolute Gasteiger partial charge is 0.225 e. The highest BCUT2D eigenvalue weighted by Gasteiger charge is 2.07. The van der Waals surface area contributed by atoms with Crippen LogP contribution in [0.15, 0.2) is 18.2 Å². The second kappa shape index (κ2) is 5.56. The van der Waals surface area contributed by atoms with Gasteiger partial charge < -0.3 is 0 Å². The Morgan fingerprint density at radius 3 is 2.25 bits per heavy atom. The van der Waals surface area contributed by atoms with E-state index in [1.165, 1.54) is 0 Å². The summed E-state index contributed by atoms with van der Waals surface area (Å²) >= 11 is 5.15. The van der Waals surface area contributed by atoms with E-state index >= 15 is 0 Å². The van der Waals surface area contributed by atoms with Crippen molar-refractivity contribution in [3.63, 3.8) is 0 Å². The molecule has 1 aromatic rings. The van der Waals surface area contributed by atoms with E-state index in [1.807, 2.05) is 0 Å². The standard InChI is InChI=1S/C9H10ClF2NO2S/c10-6-16(14,15)13-2-1-7-3-8(11)5-9(12)4-7/h3-5,13H,1-2,6H2. The van der Waals surface area contributed by atoms with Crippen molar-refractivity contribution in [2.24, 2.45) is 0 Å². The van der Waals surface area contributed by atoms with Crippen LogP contribution in [0.3, 0.4) is 0 Å². The summed E-state index contributed by atoms with van der Waals surface area (Å²) in [6.07, 6.45) is 0.199. The third-order valence-electron chi connectivity index (χ3n) is 1.80. The first-order chi connectivity index (χ1) is 7.43. The molecule has 3 nitrogen and oxygen atoms in total. The summed E-state index contributed by atoms with van der Waals surface area (Å²) in [4.78, 5) is 0. The predicted octanol–water partition coefficient (Wildman–Crippen LogP) is 1.62. The molecular weight excluding hydrogens is 260 g/mol. The number of nitrogens with one attached hydrogen (secondary N) is 1. The molecule has 0 spiro atoms. The number of rotatable bonds is 5. The van der Waals surface area contributed by atoms with Gasteiger partial charge in [-0.1, -0.05) is 0 Å². The smallest absolute Gasteiger partial charge is 0.214 e. The second-order valence-corrected chi connectivity index (χ2v) is 5.54. The van der Waals surface area contributed by atoms with Crippen LogP contribution in [0.25, 0.3) is 0 Å². The minimum atomic E-state index is -3.48. The Bertz CT molecular complexity index is 444. The van der Waals surface area contributed by atoms with E-state index in [9.17, 15) is 17.2 Å². The van der Waals surface area contributed by atoms with Gasteiger partial charge in [0.25, 0.3) is 0 Å². The van der Waals surface area contributed by atoms with Gasteiger partial charge in [-0.2, -0.15) is 0 Å². The first-order valence-electron chi connectivity index (χ1n) is 4.41. The molecule has 1 rings (SSSR count). The predicted molar refractivity (Wildman–Crippen MR) is 57.7 cm³/mol. The van der Waals surface area contributed by atoms with Crippen molar-refractivity contribution < 1.29 is 17.2 Å². The lowest BCUT2D eigenvalue weighted by molar-refractivity contribution is 0.577. The third-order valence-corrected chi connectivity index (χ3v) is 3.59. The number of sulfonamides is 1. The quantitative estimate of drug-likeness (QED) is 0.826. The van der Waals surface area contributed by atoms with Crippen LogP contribution in [0.1, 0.15) is 5.56 Å². The first-order valence-corrected chi connectivity index (χ1v) is 6.60.